The van der Waals surface area contributed by atoms with Crippen molar-refractivity contribution in [3.8, 4) is 22.4 Å². The van der Waals surface area contributed by atoms with Crippen molar-refractivity contribution in [1.82, 2.24) is 4.40 Å². The predicted molar refractivity (Wildman–Crippen MR) is 110 cm³/mol. The van der Waals surface area contributed by atoms with E-state index in [1.807, 2.05) is 30.3 Å². The number of benzene rings is 3. The molecule has 0 bridgehead atoms. The molecule has 0 saturated heterocycles. The van der Waals surface area contributed by atoms with Crippen LogP contribution in [-0.2, 0) is 9.84 Å². The molecule has 5 rings (SSSR count). The van der Waals surface area contributed by atoms with Gasteiger partial charge < -0.3 is 4.40 Å². The molecule has 27 heavy (non-hydrogen) atoms. The van der Waals surface area contributed by atoms with Crippen LogP contribution >= 0.6 is 0 Å². The fourth-order valence-electron chi connectivity index (χ4n) is 3.87. The van der Waals surface area contributed by atoms with Crippen LogP contribution in [0.5, 0.6) is 0 Å². The lowest BCUT2D eigenvalue weighted by molar-refractivity contribution is 0.602. The van der Waals surface area contributed by atoms with Gasteiger partial charge in [0.2, 0.25) is 0 Å². The molecule has 2 aromatic heterocycles. The molecule has 132 valence electrons. The standard InChI is InChI=1S/C23H17NO2S/c1-27(25,26)19-12-10-16(11-13-19)21-20-9-5-8-18-14-15-24(22(18)20)23(21)17-6-3-2-4-7-17/h2-15H,1H3. The second-order valence-electron chi connectivity index (χ2n) is 6.82. The van der Waals surface area contributed by atoms with E-state index < -0.39 is 9.84 Å². The maximum atomic E-state index is 11.8. The summed E-state index contributed by atoms with van der Waals surface area (Å²) in [5.41, 5.74) is 5.59. The molecule has 5 aromatic rings. The smallest absolute Gasteiger partial charge is 0.175 e. The fraction of sp³-hybridized carbons (Fsp3) is 0.0435. The van der Waals surface area contributed by atoms with Crippen LogP contribution in [0.2, 0.25) is 0 Å². The largest absolute Gasteiger partial charge is 0.315 e. The zero-order valence-electron chi connectivity index (χ0n) is 14.8. The number of hydrogen-bond acceptors (Lipinski definition) is 2. The highest BCUT2D eigenvalue weighted by Crippen LogP contribution is 2.42. The monoisotopic (exact) mass is 371 g/mol. The Labute approximate surface area is 157 Å². The normalized spacial score (nSPS) is 12.2. The van der Waals surface area contributed by atoms with Crippen LogP contribution in [0.4, 0.5) is 0 Å². The first-order valence-corrected chi connectivity index (χ1v) is 10.6. The highest BCUT2D eigenvalue weighted by molar-refractivity contribution is 7.90. The van der Waals surface area contributed by atoms with Crippen LogP contribution < -0.4 is 0 Å². The SMILES string of the molecule is CS(=O)(=O)c1ccc(-c2c(-c3ccccc3)n3ccc4cccc2c43)cc1. The molecule has 0 radical (unpaired) electrons. The van der Waals surface area contributed by atoms with E-state index in [0.29, 0.717) is 4.90 Å². The minimum atomic E-state index is -3.21. The topological polar surface area (TPSA) is 38.5 Å². The molecule has 0 atom stereocenters. The lowest BCUT2D eigenvalue weighted by Gasteiger charge is -2.08. The molecule has 0 aliphatic heterocycles. The van der Waals surface area contributed by atoms with Crippen molar-refractivity contribution in [1.29, 1.82) is 0 Å². The van der Waals surface area contributed by atoms with Gasteiger partial charge in [-0.3, -0.25) is 0 Å². The number of hydrogen-bond donors (Lipinski definition) is 0. The van der Waals surface area contributed by atoms with Crippen LogP contribution in [-0.4, -0.2) is 19.1 Å². The number of aromatic nitrogens is 1. The van der Waals surface area contributed by atoms with Gasteiger partial charge in [-0.15, -0.1) is 0 Å². The second kappa shape index (κ2) is 5.69. The van der Waals surface area contributed by atoms with E-state index >= 15 is 0 Å². The van der Waals surface area contributed by atoms with Gasteiger partial charge in [-0.05, 0) is 29.3 Å². The summed E-state index contributed by atoms with van der Waals surface area (Å²) in [6.07, 6.45) is 3.34. The van der Waals surface area contributed by atoms with Gasteiger partial charge in [-0.1, -0.05) is 60.7 Å². The van der Waals surface area contributed by atoms with Crippen molar-refractivity contribution in [3.63, 3.8) is 0 Å². The summed E-state index contributed by atoms with van der Waals surface area (Å²) < 4.78 is 25.9. The van der Waals surface area contributed by atoms with E-state index in [-0.39, 0.29) is 0 Å². The van der Waals surface area contributed by atoms with Gasteiger partial charge in [0.05, 0.1) is 16.1 Å². The Bertz CT molecular complexity index is 1370. The minimum absolute atomic E-state index is 0.337. The first-order chi connectivity index (χ1) is 13.0. The second-order valence-corrected chi connectivity index (χ2v) is 8.83. The Kier molecular flexibility index (Phi) is 3.39. The summed E-state index contributed by atoms with van der Waals surface area (Å²) in [6, 6.07) is 25.9. The van der Waals surface area contributed by atoms with Crippen molar-refractivity contribution >= 4 is 26.1 Å². The highest BCUT2D eigenvalue weighted by atomic mass is 32.2. The van der Waals surface area contributed by atoms with Gasteiger partial charge in [0, 0.05) is 28.8 Å². The lowest BCUT2D eigenvalue weighted by atomic mass is 9.98. The molecule has 0 spiro atoms. The number of para-hydroxylation sites is 1. The van der Waals surface area contributed by atoms with Crippen LogP contribution in [0.3, 0.4) is 0 Å². The molecule has 3 nitrogen and oxygen atoms in total. The van der Waals surface area contributed by atoms with Gasteiger partial charge in [-0.2, -0.15) is 0 Å². The third-order valence-electron chi connectivity index (χ3n) is 5.08. The van der Waals surface area contributed by atoms with Crippen LogP contribution in [0.15, 0.2) is 90.0 Å². The fourth-order valence-corrected chi connectivity index (χ4v) is 4.50. The summed E-state index contributed by atoms with van der Waals surface area (Å²) in [5.74, 6) is 0. The Balaban J connectivity index is 1.86. The van der Waals surface area contributed by atoms with Crippen LogP contribution in [0.1, 0.15) is 0 Å². The van der Waals surface area contributed by atoms with Gasteiger partial charge in [0.25, 0.3) is 0 Å². The summed E-state index contributed by atoms with van der Waals surface area (Å²) in [4.78, 5) is 0.337. The zero-order chi connectivity index (χ0) is 18.6. The molecule has 0 amide bonds. The molecular weight excluding hydrogens is 354 g/mol. The average Bonchev–Trinajstić information content (AvgIpc) is 3.25. The van der Waals surface area contributed by atoms with Crippen molar-refractivity contribution in [2.24, 2.45) is 0 Å². The Hall–Kier alpha value is -3.11. The first-order valence-electron chi connectivity index (χ1n) is 8.75. The van der Waals surface area contributed by atoms with Crippen LogP contribution in [0, 0.1) is 0 Å². The third kappa shape index (κ3) is 2.45. The molecular formula is C23H17NO2S. The molecule has 0 aliphatic carbocycles. The Morgan fingerprint density at radius 1 is 0.741 bits per heavy atom. The van der Waals surface area contributed by atoms with Crippen molar-refractivity contribution in [2.45, 2.75) is 4.90 Å². The van der Waals surface area contributed by atoms with E-state index in [2.05, 4.69) is 47.0 Å². The molecule has 0 unspecified atom stereocenters. The molecule has 0 N–H and O–H groups in total. The molecule has 0 aliphatic rings. The number of nitrogens with zero attached hydrogens (tertiary/aromatic N) is 1. The third-order valence-corrected chi connectivity index (χ3v) is 6.21. The summed E-state index contributed by atoms with van der Waals surface area (Å²) in [7, 11) is -3.21. The zero-order valence-corrected chi connectivity index (χ0v) is 15.6. The molecule has 4 heteroatoms. The highest BCUT2D eigenvalue weighted by Gasteiger charge is 2.20. The maximum Gasteiger partial charge on any atom is 0.175 e. The van der Waals surface area contributed by atoms with E-state index in [0.717, 1.165) is 22.4 Å². The summed E-state index contributed by atoms with van der Waals surface area (Å²) >= 11 is 0. The Morgan fingerprint density at radius 3 is 2.19 bits per heavy atom. The van der Waals surface area contributed by atoms with Crippen molar-refractivity contribution in [3.05, 3.63) is 85.1 Å². The van der Waals surface area contributed by atoms with Crippen molar-refractivity contribution in [2.75, 3.05) is 6.26 Å². The number of sulfone groups is 1. The number of rotatable bonds is 3. The first kappa shape index (κ1) is 16.1. The average molecular weight is 371 g/mol. The minimum Gasteiger partial charge on any atom is -0.315 e. The van der Waals surface area contributed by atoms with Gasteiger partial charge in [0.1, 0.15) is 0 Å². The van der Waals surface area contributed by atoms with Gasteiger partial charge in [0.15, 0.2) is 9.84 Å². The quantitative estimate of drug-likeness (QED) is 0.433. The summed E-state index contributed by atoms with van der Waals surface area (Å²) in [6.45, 7) is 0. The Morgan fingerprint density at radius 2 is 1.48 bits per heavy atom. The van der Waals surface area contributed by atoms with E-state index in [1.165, 1.54) is 22.5 Å². The predicted octanol–water partition coefficient (Wildman–Crippen LogP) is 5.27. The van der Waals surface area contributed by atoms with E-state index in [9.17, 15) is 8.42 Å². The van der Waals surface area contributed by atoms with E-state index in [1.54, 1.807) is 12.1 Å². The molecule has 0 saturated carbocycles. The maximum absolute atomic E-state index is 11.8. The van der Waals surface area contributed by atoms with Gasteiger partial charge >= 0.3 is 0 Å². The van der Waals surface area contributed by atoms with Gasteiger partial charge in [-0.25, -0.2) is 8.42 Å². The van der Waals surface area contributed by atoms with Crippen molar-refractivity contribution < 1.29 is 8.42 Å². The van der Waals surface area contributed by atoms with Crippen LogP contribution in [0.25, 0.3) is 38.7 Å². The summed E-state index contributed by atoms with van der Waals surface area (Å²) in [5, 5.41) is 2.37. The molecule has 0 fully saturated rings. The molecule has 3 aromatic carbocycles. The molecule has 2 heterocycles. The lowest BCUT2D eigenvalue weighted by Crippen LogP contribution is -1.96. The van der Waals surface area contributed by atoms with E-state index in [4.69, 9.17) is 0 Å².